The number of nitrogens with zero attached hydrogens (tertiary/aromatic N) is 5. The fraction of sp³-hybridized carbons (Fsp3) is 0.261. The Morgan fingerprint density at radius 3 is 2.91 bits per heavy atom. The van der Waals surface area contributed by atoms with Gasteiger partial charge in [-0.15, -0.1) is 0 Å². The van der Waals surface area contributed by atoms with Crippen LogP contribution in [0.2, 0.25) is 0 Å². The van der Waals surface area contributed by atoms with Gasteiger partial charge in [-0.2, -0.15) is 9.61 Å². The molecule has 4 heterocycles. The maximum absolute atomic E-state index is 14.2. The first-order valence-corrected chi connectivity index (χ1v) is 12.7. The molecular formula is C23H21BrF2N6OS. The molecule has 1 aliphatic rings. The second-order valence-corrected chi connectivity index (χ2v) is 10.4. The van der Waals surface area contributed by atoms with E-state index >= 15 is 0 Å². The Balaban J connectivity index is 1.42. The van der Waals surface area contributed by atoms with Crippen molar-refractivity contribution in [3.8, 4) is 0 Å². The van der Waals surface area contributed by atoms with Gasteiger partial charge in [0.1, 0.15) is 28.4 Å². The third-order valence-corrected chi connectivity index (χ3v) is 7.81. The molecule has 1 saturated heterocycles. The molecule has 1 fully saturated rings. The van der Waals surface area contributed by atoms with E-state index in [9.17, 15) is 13.0 Å². The fourth-order valence-electron chi connectivity index (χ4n) is 4.07. The monoisotopic (exact) mass is 546 g/mol. The van der Waals surface area contributed by atoms with Gasteiger partial charge in [-0.25, -0.2) is 22.3 Å². The molecule has 0 spiro atoms. The van der Waals surface area contributed by atoms with E-state index in [4.69, 9.17) is 4.98 Å². The topological polar surface area (TPSA) is 75.4 Å². The average Bonchev–Trinajstić information content (AvgIpc) is 3.25. The number of anilines is 1. The van der Waals surface area contributed by atoms with Crippen LogP contribution in [0.25, 0.3) is 5.65 Å². The molecule has 0 bridgehead atoms. The predicted molar refractivity (Wildman–Crippen MR) is 129 cm³/mol. The highest BCUT2D eigenvalue weighted by Crippen LogP contribution is 2.31. The van der Waals surface area contributed by atoms with Crippen molar-refractivity contribution in [3.05, 3.63) is 82.4 Å². The van der Waals surface area contributed by atoms with Gasteiger partial charge < -0.3 is 5.32 Å². The summed E-state index contributed by atoms with van der Waals surface area (Å²) in [5.41, 5.74) is 2.51. The number of benzene rings is 1. The average molecular weight is 547 g/mol. The number of rotatable bonds is 6. The summed E-state index contributed by atoms with van der Waals surface area (Å²) in [6, 6.07) is 8.85. The van der Waals surface area contributed by atoms with E-state index in [0.717, 1.165) is 52.6 Å². The van der Waals surface area contributed by atoms with Crippen LogP contribution in [-0.2, 0) is 17.5 Å². The number of pyridine rings is 1. The van der Waals surface area contributed by atoms with Crippen molar-refractivity contribution in [2.45, 2.75) is 30.2 Å². The summed E-state index contributed by atoms with van der Waals surface area (Å²) in [6.07, 6.45) is 6.82. The second-order valence-electron chi connectivity index (χ2n) is 8.06. The first kappa shape index (κ1) is 23.0. The Hall–Kier alpha value is -2.76. The van der Waals surface area contributed by atoms with Crippen LogP contribution in [0.5, 0.6) is 0 Å². The lowest BCUT2D eigenvalue weighted by Crippen LogP contribution is -2.36. The first-order chi connectivity index (χ1) is 16.5. The zero-order valence-electron chi connectivity index (χ0n) is 18.0. The van der Waals surface area contributed by atoms with Crippen LogP contribution >= 0.6 is 15.9 Å². The number of piperidine rings is 1. The van der Waals surface area contributed by atoms with Gasteiger partial charge in [0.05, 0.1) is 21.3 Å². The maximum Gasteiger partial charge on any atom is 0.171 e. The van der Waals surface area contributed by atoms with E-state index in [1.807, 2.05) is 18.2 Å². The minimum atomic E-state index is -1.80. The van der Waals surface area contributed by atoms with Gasteiger partial charge in [-0.1, -0.05) is 6.07 Å². The van der Waals surface area contributed by atoms with Crippen molar-refractivity contribution in [1.29, 1.82) is 0 Å². The second kappa shape index (κ2) is 9.85. The van der Waals surface area contributed by atoms with Crippen LogP contribution in [0, 0.1) is 11.6 Å². The molecule has 1 aromatic carbocycles. The van der Waals surface area contributed by atoms with Gasteiger partial charge in [0.25, 0.3) is 0 Å². The van der Waals surface area contributed by atoms with E-state index in [1.165, 1.54) is 0 Å². The molecule has 2 atom stereocenters. The smallest absolute Gasteiger partial charge is 0.171 e. The third-order valence-electron chi connectivity index (χ3n) is 5.76. The first-order valence-electron chi connectivity index (χ1n) is 10.8. The summed E-state index contributed by atoms with van der Waals surface area (Å²) in [5, 5.41) is 7.82. The SMILES string of the molecule is O=S(c1cc(F)ccc1F)N1CCCC(c2cc(NCc3cccnc3)n3ncc(Br)c3n2)C1. The number of hydrogen-bond acceptors (Lipinski definition) is 5. The summed E-state index contributed by atoms with van der Waals surface area (Å²) in [7, 11) is -1.80. The summed E-state index contributed by atoms with van der Waals surface area (Å²) < 4.78 is 45.1. The van der Waals surface area contributed by atoms with Crippen molar-refractivity contribution in [2.24, 2.45) is 0 Å². The summed E-state index contributed by atoms with van der Waals surface area (Å²) >= 11 is 3.52. The molecular weight excluding hydrogens is 526 g/mol. The van der Waals surface area contributed by atoms with Gasteiger partial charge in [0.2, 0.25) is 0 Å². The van der Waals surface area contributed by atoms with Crippen molar-refractivity contribution in [2.75, 3.05) is 18.4 Å². The van der Waals surface area contributed by atoms with Crippen LogP contribution < -0.4 is 5.32 Å². The Kier molecular flexibility index (Phi) is 6.66. The van der Waals surface area contributed by atoms with Gasteiger partial charge in [0, 0.05) is 44.0 Å². The van der Waals surface area contributed by atoms with Crippen LogP contribution in [0.1, 0.15) is 30.0 Å². The van der Waals surface area contributed by atoms with Crippen molar-refractivity contribution in [3.63, 3.8) is 0 Å². The molecule has 11 heteroatoms. The minimum Gasteiger partial charge on any atom is -0.366 e. The Labute approximate surface area is 205 Å². The maximum atomic E-state index is 14.2. The quantitative estimate of drug-likeness (QED) is 0.380. The van der Waals surface area contributed by atoms with Gasteiger partial charge in [0.15, 0.2) is 5.65 Å². The van der Waals surface area contributed by atoms with Crippen LogP contribution in [0.3, 0.4) is 0 Å². The molecule has 0 aliphatic carbocycles. The lowest BCUT2D eigenvalue weighted by molar-refractivity contribution is 0.326. The van der Waals surface area contributed by atoms with Crippen molar-refractivity contribution < 1.29 is 13.0 Å². The van der Waals surface area contributed by atoms with E-state index in [2.05, 4.69) is 31.3 Å². The largest absolute Gasteiger partial charge is 0.366 e. The van der Waals surface area contributed by atoms with Gasteiger partial charge in [-0.3, -0.25) is 4.98 Å². The molecule has 0 radical (unpaired) electrons. The summed E-state index contributed by atoms with van der Waals surface area (Å²) in [4.78, 5) is 8.83. The molecule has 0 amide bonds. The number of halogens is 3. The highest BCUT2D eigenvalue weighted by atomic mass is 79.9. The predicted octanol–water partition coefficient (Wildman–Crippen LogP) is 4.68. The van der Waals surface area contributed by atoms with E-state index < -0.39 is 22.6 Å². The normalized spacial score (nSPS) is 17.7. The molecule has 1 aliphatic heterocycles. The molecule has 1 N–H and O–H groups in total. The zero-order chi connectivity index (χ0) is 23.7. The Bertz CT molecular complexity index is 1350. The van der Waals surface area contributed by atoms with E-state index in [0.29, 0.717) is 25.3 Å². The standard InChI is InChI=1S/C23H21BrF2N6OS/c24-18-13-29-32-22(28-12-15-3-1-7-27-11-15)10-20(30-23(18)32)16-4-2-8-31(14-16)34(33)21-9-17(25)5-6-19(21)26/h1,3,5-7,9-11,13,16,28H,2,4,8,12,14H2. The van der Waals surface area contributed by atoms with Crippen LogP contribution in [-0.4, -0.2) is 41.2 Å². The number of fused-ring (bicyclic) bond motifs is 1. The highest BCUT2D eigenvalue weighted by molar-refractivity contribution is 9.10. The van der Waals surface area contributed by atoms with E-state index in [1.54, 1.807) is 27.4 Å². The molecule has 5 rings (SSSR count). The van der Waals surface area contributed by atoms with Crippen molar-refractivity contribution in [1.82, 2.24) is 23.9 Å². The highest BCUT2D eigenvalue weighted by Gasteiger charge is 2.29. The molecule has 3 aromatic heterocycles. The number of aromatic nitrogens is 4. The molecule has 0 saturated carbocycles. The molecule has 2 unspecified atom stereocenters. The Morgan fingerprint density at radius 1 is 1.21 bits per heavy atom. The zero-order valence-corrected chi connectivity index (χ0v) is 20.4. The lowest BCUT2D eigenvalue weighted by atomic mass is 9.96. The third kappa shape index (κ3) is 4.73. The van der Waals surface area contributed by atoms with Crippen LogP contribution in [0.15, 0.2) is 64.4 Å². The fourth-order valence-corrected chi connectivity index (χ4v) is 5.75. The lowest BCUT2D eigenvalue weighted by Gasteiger charge is -2.31. The molecule has 4 aromatic rings. The summed E-state index contributed by atoms with van der Waals surface area (Å²) in [6.45, 7) is 1.51. The molecule has 34 heavy (non-hydrogen) atoms. The molecule has 7 nitrogen and oxygen atoms in total. The van der Waals surface area contributed by atoms with Crippen molar-refractivity contribution >= 4 is 38.4 Å². The molecule has 176 valence electrons. The van der Waals surface area contributed by atoms with Gasteiger partial charge in [-0.05, 0) is 58.6 Å². The van der Waals surface area contributed by atoms with Gasteiger partial charge >= 0.3 is 0 Å². The Morgan fingerprint density at radius 2 is 2.09 bits per heavy atom. The number of nitrogens with one attached hydrogen (secondary N) is 1. The minimum absolute atomic E-state index is 0.0277. The number of hydrogen-bond donors (Lipinski definition) is 1. The van der Waals surface area contributed by atoms with Crippen LogP contribution in [0.4, 0.5) is 14.6 Å². The van der Waals surface area contributed by atoms with E-state index in [-0.39, 0.29) is 10.8 Å². The summed E-state index contributed by atoms with van der Waals surface area (Å²) in [5.74, 6) is -0.546.